The fourth-order valence-corrected chi connectivity index (χ4v) is 2.41. The summed E-state index contributed by atoms with van der Waals surface area (Å²) >= 11 is 0. The lowest BCUT2D eigenvalue weighted by atomic mass is 10.00. The second kappa shape index (κ2) is 6.54. The molecule has 0 spiro atoms. The normalized spacial score (nSPS) is 20.0. The molecule has 1 aromatic carbocycles. The van der Waals surface area contributed by atoms with E-state index >= 15 is 0 Å². The van der Waals surface area contributed by atoms with Gasteiger partial charge in [-0.3, -0.25) is 10.2 Å². The number of amides is 1. The van der Waals surface area contributed by atoms with Gasteiger partial charge in [0.25, 0.3) is 5.91 Å². The lowest BCUT2D eigenvalue weighted by Crippen LogP contribution is -2.34. The van der Waals surface area contributed by atoms with Gasteiger partial charge in [-0.2, -0.15) is 0 Å². The van der Waals surface area contributed by atoms with Crippen LogP contribution in [0.3, 0.4) is 0 Å². The third kappa shape index (κ3) is 3.94. The van der Waals surface area contributed by atoms with Crippen molar-refractivity contribution in [1.82, 2.24) is 10.3 Å². The molecule has 5 nitrogen and oxygen atoms in total. The van der Waals surface area contributed by atoms with E-state index in [4.69, 9.17) is 10.6 Å². The Balaban J connectivity index is 1.84. The van der Waals surface area contributed by atoms with Crippen LogP contribution in [-0.2, 0) is 0 Å². The molecule has 1 amide bonds. The monoisotopic (exact) mass is 263 g/mol. The summed E-state index contributed by atoms with van der Waals surface area (Å²) in [7, 11) is 2.15. The van der Waals surface area contributed by atoms with E-state index in [0.29, 0.717) is 11.5 Å². The summed E-state index contributed by atoms with van der Waals surface area (Å²) in [4.78, 5) is 13.6. The number of piperidine rings is 1. The number of hydrogen-bond acceptors (Lipinski definition) is 4. The molecule has 5 heteroatoms. The first-order valence-electron chi connectivity index (χ1n) is 6.61. The zero-order valence-electron chi connectivity index (χ0n) is 11.3. The first-order chi connectivity index (χ1) is 9.19. The van der Waals surface area contributed by atoms with Crippen LogP contribution < -0.4 is 16.0 Å². The van der Waals surface area contributed by atoms with Gasteiger partial charge in [0.1, 0.15) is 5.75 Å². The molecule has 0 radical (unpaired) electrons. The number of likely N-dealkylation sites (tertiary alicyclic amines) is 1. The van der Waals surface area contributed by atoms with Crippen LogP contribution >= 0.6 is 0 Å². The van der Waals surface area contributed by atoms with Crippen LogP contribution in [0.15, 0.2) is 24.3 Å². The smallest absolute Gasteiger partial charge is 0.265 e. The molecule has 1 aliphatic heterocycles. The van der Waals surface area contributed by atoms with Crippen LogP contribution in [0, 0.1) is 5.92 Å². The Morgan fingerprint density at radius 2 is 2.21 bits per heavy atom. The SMILES string of the molecule is CN1CCCC(COc2ccc(C(=O)NN)cc2)C1. The van der Waals surface area contributed by atoms with Gasteiger partial charge in [-0.1, -0.05) is 0 Å². The van der Waals surface area contributed by atoms with Crippen LogP contribution in [-0.4, -0.2) is 37.6 Å². The van der Waals surface area contributed by atoms with E-state index < -0.39 is 0 Å². The highest BCUT2D eigenvalue weighted by Crippen LogP contribution is 2.18. The number of hydrogen-bond donors (Lipinski definition) is 2. The Kier molecular flexibility index (Phi) is 4.76. The van der Waals surface area contributed by atoms with E-state index in [1.807, 2.05) is 0 Å². The van der Waals surface area contributed by atoms with Gasteiger partial charge in [0.2, 0.25) is 0 Å². The Bertz CT molecular complexity index is 419. The third-order valence-corrected chi connectivity index (χ3v) is 3.46. The van der Waals surface area contributed by atoms with E-state index in [2.05, 4.69) is 17.4 Å². The largest absolute Gasteiger partial charge is 0.493 e. The Labute approximate surface area is 113 Å². The van der Waals surface area contributed by atoms with Crippen molar-refractivity contribution in [3.8, 4) is 5.75 Å². The number of nitrogens with one attached hydrogen (secondary N) is 1. The summed E-state index contributed by atoms with van der Waals surface area (Å²) in [6.07, 6.45) is 2.46. The third-order valence-electron chi connectivity index (χ3n) is 3.46. The van der Waals surface area contributed by atoms with Crippen LogP contribution in [0.5, 0.6) is 5.75 Å². The molecule has 0 saturated carbocycles. The highest BCUT2D eigenvalue weighted by atomic mass is 16.5. The number of carbonyl (C=O) groups is 1. The first-order valence-corrected chi connectivity index (χ1v) is 6.61. The number of nitrogens with two attached hydrogens (primary N) is 1. The molecule has 0 aromatic heterocycles. The number of nitrogen functional groups attached to an aromatic ring is 1. The van der Waals surface area contributed by atoms with Crippen molar-refractivity contribution in [3.05, 3.63) is 29.8 Å². The molecule has 3 N–H and O–H groups in total. The minimum Gasteiger partial charge on any atom is -0.493 e. The van der Waals surface area contributed by atoms with Gasteiger partial charge < -0.3 is 9.64 Å². The van der Waals surface area contributed by atoms with Gasteiger partial charge in [0.15, 0.2) is 0 Å². The van der Waals surface area contributed by atoms with Gasteiger partial charge >= 0.3 is 0 Å². The number of rotatable bonds is 4. The molecular formula is C14H21N3O2. The second-order valence-electron chi connectivity index (χ2n) is 5.08. The molecule has 1 atom stereocenters. The van der Waals surface area contributed by atoms with Gasteiger partial charge in [-0.05, 0) is 50.7 Å². The predicted molar refractivity (Wildman–Crippen MR) is 73.8 cm³/mol. The topological polar surface area (TPSA) is 67.6 Å². The first kappa shape index (κ1) is 13.8. The zero-order valence-corrected chi connectivity index (χ0v) is 11.3. The average Bonchev–Trinajstić information content (AvgIpc) is 2.45. The average molecular weight is 263 g/mol. The molecule has 1 aliphatic rings. The molecule has 0 bridgehead atoms. The molecule has 104 valence electrons. The van der Waals surface area contributed by atoms with E-state index in [-0.39, 0.29) is 5.91 Å². The maximum absolute atomic E-state index is 11.3. The van der Waals surface area contributed by atoms with Gasteiger partial charge in [0.05, 0.1) is 6.61 Å². The van der Waals surface area contributed by atoms with Crippen molar-refractivity contribution in [2.75, 3.05) is 26.7 Å². The number of nitrogens with zero attached hydrogens (tertiary/aromatic N) is 1. The van der Waals surface area contributed by atoms with Crippen LogP contribution in [0.1, 0.15) is 23.2 Å². The van der Waals surface area contributed by atoms with Gasteiger partial charge in [0, 0.05) is 18.0 Å². The van der Waals surface area contributed by atoms with Crippen molar-refractivity contribution in [2.24, 2.45) is 11.8 Å². The van der Waals surface area contributed by atoms with Crippen molar-refractivity contribution in [3.63, 3.8) is 0 Å². The molecule has 1 aromatic rings. The van der Waals surface area contributed by atoms with Crippen LogP contribution in [0.2, 0.25) is 0 Å². The van der Waals surface area contributed by atoms with E-state index in [9.17, 15) is 4.79 Å². The second-order valence-corrected chi connectivity index (χ2v) is 5.08. The van der Waals surface area contributed by atoms with Crippen molar-refractivity contribution < 1.29 is 9.53 Å². The standard InChI is InChI=1S/C14H21N3O2/c1-17-8-2-3-11(9-17)10-19-13-6-4-12(5-7-13)14(18)16-15/h4-7,11H,2-3,8-10,15H2,1H3,(H,16,18). The molecular weight excluding hydrogens is 242 g/mol. The van der Waals surface area contributed by atoms with E-state index in [0.717, 1.165) is 18.9 Å². The summed E-state index contributed by atoms with van der Waals surface area (Å²) in [6.45, 7) is 3.00. The molecule has 19 heavy (non-hydrogen) atoms. The number of carbonyl (C=O) groups excluding carboxylic acids is 1. The lowest BCUT2D eigenvalue weighted by Gasteiger charge is -2.29. The van der Waals surface area contributed by atoms with Crippen molar-refractivity contribution in [1.29, 1.82) is 0 Å². The van der Waals surface area contributed by atoms with Crippen molar-refractivity contribution in [2.45, 2.75) is 12.8 Å². The van der Waals surface area contributed by atoms with Crippen LogP contribution in [0.4, 0.5) is 0 Å². The summed E-state index contributed by atoms with van der Waals surface area (Å²) in [5.41, 5.74) is 2.64. The summed E-state index contributed by atoms with van der Waals surface area (Å²) < 4.78 is 5.77. The maximum atomic E-state index is 11.3. The van der Waals surface area contributed by atoms with Crippen LogP contribution in [0.25, 0.3) is 0 Å². The predicted octanol–water partition coefficient (Wildman–Crippen LogP) is 1.01. The minimum absolute atomic E-state index is 0.291. The minimum atomic E-state index is -0.291. The summed E-state index contributed by atoms with van der Waals surface area (Å²) in [5.74, 6) is 6.17. The highest BCUT2D eigenvalue weighted by Gasteiger charge is 2.17. The molecule has 1 fully saturated rings. The quantitative estimate of drug-likeness (QED) is 0.483. The van der Waals surface area contributed by atoms with Gasteiger partial charge in [-0.25, -0.2) is 5.84 Å². The molecule has 1 saturated heterocycles. The lowest BCUT2D eigenvalue weighted by molar-refractivity contribution is 0.0953. The Morgan fingerprint density at radius 3 is 2.84 bits per heavy atom. The maximum Gasteiger partial charge on any atom is 0.265 e. The number of hydrazine groups is 1. The highest BCUT2D eigenvalue weighted by molar-refractivity contribution is 5.93. The zero-order chi connectivity index (χ0) is 13.7. The summed E-state index contributed by atoms with van der Waals surface area (Å²) in [5, 5.41) is 0. The van der Waals surface area contributed by atoms with Crippen molar-refractivity contribution >= 4 is 5.91 Å². The molecule has 1 heterocycles. The molecule has 2 rings (SSSR count). The molecule has 0 aliphatic carbocycles. The van der Waals surface area contributed by atoms with E-state index in [1.54, 1.807) is 24.3 Å². The summed E-state index contributed by atoms with van der Waals surface area (Å²) in [6, 6.07) is 7.03. The van der Waals surface area contributed by atoms with E-state index in [1.165, 1.54) is 19.4 Å². The fraction of sp³-hybridized carbons (Fsp3) is 0.500. The molecule has 1 unspecified atom stereocenters. The number of ether oxygens (including phenoxy) is 1. The Hall–Kier alpha value is -1.59. The fourth-order valence-electron chi connectivity index (χ4n) is 2.41. The van der Waals surface area contributed by atoms with Gasteiger partial charge in [-0.15, -0.1) is 0 Å². The Morgan fingerprint density at radius 1 is 1.47 bits per heavy atom. The number of benzene rings is 1.